The fraction of sp³-hybridized carbons (Fsp3) is 0.182. The average molecular weight is 410 g/mol. The van der Waals surface area contributed by atoms with E-state index in [1.54, 1.807) is 31.4 Å². The van der Waals surface area contributed by atoms with E-state index in [0.717, 1.165) is 21.8 Å². The van der Waals surface area contributed by atoms with Gasteiger partial charge in [-0.2, -0.15) is 0 Å². The number of thiophene rings is 1. The van der Waals surface area contributed by atoms with Gasteiger partial charge in [0, 0.05) is 10.4 Å². The molecule has 1 aliphatic heterocycles. The van der Waals surface area contributed by atoms with Gasteiger partial charge >= 0.3 is 5.97 Å². The summed E-state index contributed by atoms with van der Waals surface area (Å²) in [4.78, 5) is 26.2. The van der Waals surface area contributed by atoms with Gasteiger partial charge in [-0.15, -0.1) is 11.3 Å². The molecule has 4 rings (SSSR count). The first kappa shape index (κ1) is 19.0. The number of Topliss-reactive ketones (excluding diaryl/α,β-unsaturated/α-hetero) is 1. The molecule has 0 atom stereocenters. The third kappa shape index (κ3) is 3.95. The van der Waals surface area contributed by atoms with Crippen LogP contribution in [0.5, 0.6) is 17.2 Å². The molecule has 2 heterocycles. The zero-order valence-electron chi connectivity index (χ0n) is 15.9. The molecular formula is C22H18O6S. The Morgan fingerprint density at radius 1 is 1.03 bits per heavy atom. The largest absolute Gasteiger partial charge is 0.497 e. The molecular weight excluding hydrogens is 392 g/mol. The van der Waals surface area contributed by atoms with Crippen molar-refractivity contribution in [3.8, 4) is 28.4 Å². The van der Waals surface area contributed by atoms with E-state index in [-0.39, 0.29) is 19.2 Å². The maximum Gasteiger partial charge on any atom is 0.348 e. The van der Waals surface area contributed by atoms with Crippen LogP contribution < -0.4 is 14.2 Å². The number of hydrogen-bond donors (Lipinski definition) is 0. The number of carbonyl (C=O) groups excluding carboxylic acids is 2. The van der Waals surface area contributed by atoms with Crippen molar-refractivity contribution in [2.24, 2.45) is 0 Å². The van der Waals surface area contributed by atoms with Crippen LogP contribution in [0.2, 0.25) is 0 Å². The van der Waals surface area contributed by atoms with Crippen LogP contribution in [0.4, 0.5) is 0 Å². The summed E-state index contributed by atoms with van der Waals surface area (Å²) in [7, 11) is 1.61. The third-order valence-electron chi connectivity index (χ3n) is 4.55. The van der Waals surface area contributed by atoms with Gasteiger partial charge in [0.2, 0.25) is 6.79 Å². The Kier molecular flexibility index (Phi) is 5.22. The Hall–Kier alpha value is -3.32. The molecule has 0 unspecified atom stereocenters. The quantitative estimate of drug-likeness (QED) is 0.440. The van der Waals surface area contributed by atoms with Gasteiger partial charge in [-0.05, 0) is 54.4 Å². The van der Waals surface area contributed by atoms with E-state index < -0.39 is 5.97 Å². The summed E-state index contributed by atoms with van der Waals surface area (Å²) in [6, 6.07) is 14.3. The number of ether oxygens (including phenoxy) is 4. The van der Waals surface area contributed by atoms with Crippen LogP contribution in [0.1, 0.15) is 24.9 Å². The van der Waals surface area contributed by atoms with Crippen molar-refractivity contribution in [1.29, 1.82) is 0 Å². The highest BCUT2D eigenvalue weighted by atomic mass is 32.1. The van der Waals surface area contributed by atoms with Gasteiger partial charge < -0.3 is 18.9 Å². The van der Waals surface area contributed by atoms with Crippen molar-refractivity contribution in [3.63, 3.8) is 0 Å². The zero-order chi connectivity index (χ0) is 20.4. The van der Waals surface area contributed by atoms with Gasteiger partial charge in [-0.1, -0.05) is 12.1 Å². The second-order valence-corrected chi connectivity index (χ2v) is 7.63. The van der Waals surface area contributed by atoms with Gasteiger partial charge in [-0.25, -0.2) is 4.79 Å². The summed E-state index contributed by atoms with van der Waals surface area (Å²) in [5.74, 6) is 1.05. The Bertz CT molecular complexity index is 1070. The van der Waals surface area contributed by atoms with Crippen LogP contribution in [-0.4, -0.2) is 32.3 Å². The number of hydrogen-bond acceptors (Lipinski definition) is 7. The molecule has 7 heteroatoms. The number of aryl methyl sites for hydroxylation is 1. The van der Waals surface area contributed by atoms with Crippen molar-refractivity contribution < 1.29 is 28.5 Å². The number of benzene rings is 2. The molecule has 0 radical (unpaired) electrons. The lowest BCUT2D eigenvalue weighted by atomic mass is 10.1. The molecule has 1 aromatic heterocycles. The summed E-state index contributed by atoms with van der Waals surface area (Å²) in [6.07, 6.45) is 0. The first-order chi connectivity index (χ1) is 14.0. The average Bonchev–Trinajstić information content (AvgIpc) is 3.37. The first-order valence-corrected chi connectivity index (χ1v) is 9.71. The van der Waals surface area contributed by atoms with Crippen LogP contribution >= 0.6 is 11.3 Å². The monoisotopic (exact) mass is 410 g/mol. The number of rotatable bonds is 6. The van der Waals surface area contributed by atoms with Gasteiger partial charge in [0.15, 0.2) is 23.9 Å². The highest BCUT2D eigenvalue weighted by Gasteiger charge is 2.19. The minimum Gasteiger partial charge on any atom is -0.497 e. The van der Waals surface area contributed by atoms with Crippen LogP contribution in [0.25, 0.3) is 11.1 Å². The van der Waals surface area contributed by atoms with Gasteiger partial charge in [0.05, 0.1) is 7.11 Å². The zero-order valence-corrected chi connectivity index (χ0v) is 16.7. The van der Waals surface area contributed by atoms with E-state index in [2.05, 4.69) is 0 Å². The molecule has 1 aliphatic rings. The van der Waals surface area contributed by atoms with Gasteiger partial charge in [0.25, 0.3) is 0 Å². The van der Waals surface area contributed by atoms with Crippen molar-refractivity contribution in [3.05, 3.63) is 63.8 Å². The molecule has 3 aromatic rings. The lowest BCUT2D eigenvalue weighted by Crippen LogP contribution is -2.13. The summed E-state index contributed by atoms with van der Waals surface area (Å²) < 4.78 is 20.9. The van der Waals surface area contributed by atoms with E-state index in [0.29, 0.717) is 21.9 Å². The molecule has 29 heavy (non-hydrogen) atoms. The summed E-state index contributed by atoms with van der Waals surface area (Å²) in [5, 5.41) is 0. The van der Waals surface area contributed by atoms with E-state index in [1.807, 2.05) is 31.2 Å². The SMILES string of the molecule is COc1ccc(-c2cc(C(=O)OCC(=O)c3ccc4c(c3)OCO4)sc2C)cc1. The van der Waals surface area contributed by atoms with E-state index in [9.17, 15) is 9.59 Å². The molecule has 0 fully saturated rings. The molecule has 0 spiro atoms. The molecule has 0 saturated heterocycles. The van der Waals surface area contributed by atoms with E-state index >= 15 is 0 Å². The van der Waals surface area contributed by atoms with Crippen molar-refractivity contribution in [1.82, 2.24) is 0 Å². The highest BCUT2D eigenvalue weighted by molar-refractivity contribution is 7.14. The minimum absolute atomic E-state index is 0.135. The number of esters is 1. The first-order valence-electron chi connectivity index (χ1n) is 8.90. The van der Waals surface area contributed by atoms with Crippen LogP contribution in [0.3, 0.4) is 0 Å². The molecule has 0 saturated carbocycles. The van der Waals surface area contributed by atoms with Crippen LogP contribution in [0, 0.1) is 6.92 Å². The topological polar surface area (TPSA) is 71.1 Å². The summed E-state index contributed by atoms with van der Waals surface area (Å²) in [5.41, 5.74) is 2.34. The molecule has 0 aliphatic carbocycles. The van der Waals surface area contributed by atoms with Gasteiger partial charge in [0.1, 0.15) is 10.6 Å². The predicted molar refractivity (Wildman–Crippen MR) is 108 cm³/mol. The molecule has 0 N–H and O–H groups in total. The second-order valence-electron chi connectivity index (χ2n) is 6.38. The Labute approximate surface area is 171 Å². The lowest BCUT2D eigenvalue weighted by molar-refractivity contribution is 0.0479. The Morgan fingerprint density at radius 2 is 1.79 bits per heavy atom. The fourth-order valence-corrected chi connectivity index (χ4v) is 3.93. The van der Waals surface area contributed by atoms with Crippen molar-refractivity contribution in [2.75, 3.05) is 20.5 Å². The lowest BCUT2D eigenvalue weighted by Gasteiger charge is -2.04. The normalized spacial score (nSPS) is 11.9. The maximum absolute atomic E-state index is 12.4. The maximum atomic E-state index is 12.4. The molecule has 148 valence electrons. The van der Waals surface area contributed by atoms with Crippen LogP contribution in [-0.2, 0) is 4.74 Å². The standard InChI is InChI=1S/C22H18O6S/c1-13-17(14-3-6-16(25-2)7-4-14)10-21(29-13)22(24)26-11-18(23)15-5-8-19-20(9-15)28-12-27-19/h3-10H,11-12H2,1-2H3. The predicted octanol–water partition coefficient (Wildman–Crippen LogP) is 4.50. The van der Waals surface area contributed by atoms with Crippen LogP contribution in [0.15, 0.2) is 48.5 Å². The smallest absolute Gasteiger partial charge is 0.348 e. The number of methoxy groups -OCH3 is 1. The van der Waals surface area contributed by atoms with E-state index in [1.165, 1.54) is 11.3 Å². The number of carbonyl (C=O) groups is 2. The second kappa shape index (κ2) is 7.97. The highest BCUT2D eigenvalue weighted by Crippen LogP contribution is 2.33. The number of ketones is 1. The van der Waals surface area contributed by atoms with Crippen molar-refractivity contribution in [2.45, 2.75) is 6.92 Å². The van der Waals surface area contributed by atoms with Crippen molar-refractivity contribution >= 4 is 23.1 Å². The summed E-state index contributed by atoms with van der Waals surface area (Å²) >= 11 is 1.34. The minimum atomic E-state index is -0.521. The fourth-order valence-electron chi connectivity index (χ4n) is 3.00. The molecule has 2 aromatic carbocycles. The molecule has 6 nitrogen and oxygen atoms in total. The number of fused-ring (bicyclic) bond motifs is 1. The molecule has 0 amide bonds. The third-order valence-corrected chi connectivity index (χ3v) is 5.58. The Morgan fingerprint density at radius 3 is 2.55 bits per heavy atom. The Balaban J connectivity index is 1.42. The summed E-state index contributed by atoms with van der Waals surface area (Å²) in [6.45, 7) is 1.74. The molecule has 0 bridgehead atoms. The van der Waals surface area contributed by atoms with E-state index in [4.69, 9.17) is 18.9 Å². The van der Waals surface area contributed by atoms with Gasteiger partial charge in [-0.3, -0.25) is 4.79 Å².